The third kappa shape index (κ3) is 3.80. The molecule has 2 aliphatic rings. The highest BCUT2D eigenvalue weighted by molar-refractivity contribution is 7.89. The van der Waals surface area contributed by atoms with Gasteiger partial charge in [-0.3, -0.25) is 0 Å². The predicted molar refractivity (Wildman–Crippen MR) is 96.1 cm³/mol. The molecule has 1 aromatic heterocycles. The van der Waals surface area contributed by atoms with Crippen molar-refractivity contribution in [2.75, 3.05) is 54.8 Å². The highest BCUT2D eigenvalue weighted by Gasteiger charge is 2.27. The summed E-state index contributed by atoms with van der Waals surface area (Å²) in [4.78, 5) is 13.6. The highest BCUT2D eigenvalue weighted by atomic mass is 32.2. The smallest absolute Gasteiger partial charge is 0.214 e. The van der Waals surface area contributed by atoms with Gasteiger partial charge in [-0.05, 0) is 26.2 Å². The lowest BCUT2D eigenvalue weighted by atomic mass is 10.3. The second kappa shape index (κ2) is 7.23. The van der Waals surface area contributed by atoms with Gasteiger partial charge in [-0.1, -0.05) is 6.92 Å². The largest absolute Gasteiger partial charge is 0.356 e. The molecule has 0 amide bonds. The zero-order chi connectivity index (χ0) is 17.2. The van der Waals surface area contributed by atoms with Crippen molar-refractivity contribution in [1.82, 2.24) is 14.3 Å². The first kappa shape index (κ1) is 17.4. The van der Waals surface area contributed by atoms with E-state index in [9.17, 15) is 8.42 Å². The van der Waals surface area contributed by atoms with E-state index in [1.165, 1.54) is 12.8 Å². The van der Waals surface area contributed by atoms with E-state index in [4.69, 9.17) is 0 Å². The minimum atomic E-state index is -3.10. The second-order valence-corrected chi connectivity index (χ2v) is 8.62. The van der Waals surface area contributed by atoms with Crippen LogP contribution < -0.4 is 9.80 Å². The van der Waals surface area contributed by atoms with Crippen LogP contribution in [0, 0.1) is 6.92 Å². The van der Waals surface area contributed by atoms with Gasteiger partial charge in [-0.2, -0.15) is 4.31 Å². The third-order valence-corrected chi connectivity index (χ3v) is 6.74. The summed E-state index contributed by atoms with van der Waals surface area (Å²) in [5.41, 5.74) is 0. The summed E-state index contributed by atoms with van der Waals surface area (Å²) in [6.45, 7) is 8.35. The molecule has 0 bridgehead atoms. The van der Waals surface area contributed by atoms with E-state index in [2.05, 4.69) is 25.8 Å². The molecular weight excluding hydrogens is 326 g/mol. The predicted octanol–water partition coefficient (Wildman–Crippen LogP) is 1.25. The first-order chi connectivity index (χ1) is 11.5. The van der Waals surface area contributed by atoms with Crippen LogP contribution in [0.15, 0.2) is 6.07 Å². The molecule has 0 unspecified atom stereocenters. The average molecular weight is 353 g/mol. The van der Waals surface area contributed by atoms with Crippen LogP contribution in [0.3, 0.4) is 0 Å². The van der Waals surface area contributed by atoms with Crippen LogP contribution in [-0.2, 0) is 10.0 Å². The lowest BCUT2D eigenvalue weighted by Crippen LogP contribution is -2.49. The number of anilines is 2. The molecular formula is C16H27N5O2S. The maximum Gasteiger partial charge on any atom is 0.214 e. The first-order valence-electron chi connectivity index (χ1n) is 8.83. The summed E-state index contributed by atoms with van der Waals surface area (Å²) < 4.78 is 26.0. The molecule has 1 aromatic rings. The minimum absolute atomic E-state index is 0.235. The normalized spacial score (nSPS) is 19.9. The molecule has 2 fully saturated rings. The zero-order valence-electron chi connectivity index (χ0n) is 14.6. The van der Waals surface area contributed by atoms with E-state index in [0.29, 0.717) is 32.6 Å². The van der Waals surface area contributed by atoms with E-state index in [1.807, 2.05) is 13.8 Å². The molecule has 134 valence electrons. The summed E-state index contributed by atoms with van der Waals surface area (Å²) in [6, 6.07) is 2.05. The fourth-order valence-electron chi connectivity index (χ4n) is 3.39. The monoisotopic (exact) mass is 353 g/mol. The molecule has 0 saturated carbocycles. The van der Waals surface area contributed by atoms with Crippen LogP contribution in [0.5, 0.6) is 0 Å². The van der Waals surface area contributed by atoms with Gasteiger partial charge >= 0.3 is 0 Å². The molecule has 0 aliphatic carbocycles. The summed E-state index contributed by atoms with van der Waals surface area (Å²) in [5, 5.41) is 0. The molecule has 0 aromatic carbocycles. The SMILES string of the molecule is CCCS(=O)(=O)N1CCN(c2cc(N3CCCC3)nc(C)n2)CC1. The van der Waals surface area contributed by atoms with Gasteiger partial charge in [0.1, 0.15) is 17.5 Å². The Morgan fingerprint density at radius 2 is 1.50 bits per heavy atom. The summed E-state index contributed by atoms with van der Waals surface area (Å²) >= 11 is 0. The molecule has 8 heteroatoms. The van der Waals surface area contributed by atoms with Crippen molar-refractivity contribution in [3.8, 4) is 0 Å². The fraction of sp³-hybridized carbons (Fsp3) is 0.750. The fourth-order valence-corrected chi connectivity index (χ4v) is 4.88. The van der Waals surface area contributed by atoms with Crippen molar-refractivity contribution in [1.29, 1.82) is 0 Å². The van der Waals surface area contributed by atoms with Crippen molar-refractivity contribution < 1.29 is 8.42 Å². The van der Waals surface area contributed by atoms with Gasteiger partial charge in [0.05, 0.1) is 5.75 Å². The molecule has 3 rings (SSSR count). The molecule has 24 heavy (non-hydrogen) atoms. The molecule has 7 nitrogen and oxygen atoms in total. The summed E-state index contributed by atoms with van der Waals surface area (Å²) in [6.07, 6.45) is 3.09. The zero-order valence-corrected chi connectivity index (χ0v) is 15.4. The third-order valence-electron chi connectivity index (χ3n) is 4.66. The number of aryl methyl sites for hydroxylation is 1. The quantitative estimate of drug-likeness (QED) is 0.793. The standard InChI is InChI=1S/C16H27N5O2S/c1-3-12-24(22,23)21-10-8-20(9-11-21)16-13-15(17-14(2)18-16)19-6-4-5-7-19/h13H,3-12H2,1-2H3. The number of aromatic nitrogens is 2. The second-order valence-electron chi connectivity index (χ2n) is 6.53. The van der Waals surface area contributed by atoms with Gasteiger partial charge in [0.2, 0.25) is 10.0 Å². The molecule has 0 spiro atoms. The lowest BCUT2D eigenvalue weighted by Gasteiger charge is -2.35. The molecule has 3 heterocycles. The maximum atomic E-state index is 12.2. The molecule has 0 atom stereocenters. The van der Waals surface area contributed by atoms with Crippen LogP contribution >= 0.6 is 0 Å². The van der Waals surface area contributed by atoms with Crippen LogP contribution in [0.4, 0.5) is 11.6 Å². The molecule has 0 N–H and O–H groups in total. The van der Waals surface area contributed by atoms with Crippen molar-refractivity contribution >= 4 is 21.7 Å². The number of sulfonamides is 1. The number of piperazine rings is 1. The Morgan fingerprint density at radius 1 is 0.958 bits per heavy atom. The number of hydrogen-bond donors (Lipinski definition) is 0. The molecule has 0 radical (unpaired) electrons. The Kier molecular flexibility index (Phi) is 5.24. The van der Waals surface area contributed by atoms with E-state index < -0.39 is 10.0 Å². The van der Waals surface area contributed by atoms with E-state index in [0.717, 1.165) is 30.5 Å². The number of hydrogen-bond acceptors (Lipinski definition) is 6. The van der Waals surface area contributed by atoms with Gasteiger partial charge in [-0.25, -0.2) is 18.4 Å². The number of nitrogens with zero attached hydrogens (tertiary/aromatic N) is 5. The van der Waals surface area contributed by atoms with Gasteiger partial charge in [-0.15, -0.1) is 0 Å². The van der Waals surface area contributed by atoms with Crippen LogP contribution in [0.2, 0.25) is 0 Å². The van der Waals surface area contributed by atoms with Gasteiger partial charge in [0.25, 0.3) is 0 Å². The molecule has 2 saturated heterocycles. The average Bonchev–Trinajstić information content (AvgIpc) is 3.09. The number of rotatable bonds is 5. The Morgan fingerprint density at radius 3 is 2.04 bits per heavy atom. The van der Waals surface area contributed by atoms with Crippen molar-refractivity contribution in [2.45, 2.75) is 33.1 Å². The Hall–Kier alpha value is -1.41. The Labute approximate surface area is 144 Å². The van der Waals surface area contributed by atoms with Crippen LogP contribution in [-0.4, -0.2) is 67.7 Å². The minimum Gasteiger partial charge on any atom is -0.356 e. The van der Waals surface area contributed by atoms with Gasteiger partial charge in [0.15, 0.2) is 0 Å². The summed E-state index contributed by atoms with van der Waals surface area (Å²) in [5.74, 6) is 2.92. The van der Waals surface area contributed by atoms with E-state index >= 15 is 0 Å². The van der Waals surface area contributed by atoms with Crippen LogP contribution in [0.25, 0.3) is 0 Å². The summed E-state index contributed by atoms with van der Waals surface area (Å²) in [7, 11) is -3.10. The van der Waals surface area contributed by atoms with Crippen molar-refractivity contribution in [3.05, 3.63) is 11.9 Å². The highest BCUT2D eigenvalue weighted by Crippen LogP contribution is 2.23. The van der Waals surface area contributed by atoms with Gasteiger partial charge < -0.3 is 9.80 Å². The Bertz CT molecular complexity index is 665. The van der Waals surface area contributed by atoms with Gasteiger partial charge in [0, 0.05) is 45.3 Å². The van der Waals surface area contributed by atoms with Crippen LogP contribution in [0.1, 0.15) is 32.0 Å². The first-order valence-corrected chi connectivity index (χ1v) is 10.4. The topological polar surface area (TPSA) is 69.6 Å². The van der Waals surface area contributed by atoms with Crippen molar-refractivity contribution in [3.63, 3.8) is 0 Å². The van der Waals surface area contributed by atoms with E-state index in [-0.39, 0.29) is 5.75 Å². The van der Waals surface area contributed by atoms with E-state index in [1.54, 1.807) is 4.31 Å². The van der Waals surface area contributed by atoms with Crippen molar-refractivity contribution in [2.24, 2.45) is 0 Å². The maximum absolute atomic E-state index is 12.2. The molecule has 2 aliphatic heterocycles. The lowest BCUT2D eigenvalue weighted by molar-refractivity contribution is 0.383. The Balaban J connectivity index is 1.70.